The van der Waals surface area contributed by atoms with E-state index in [0.29, 0.717) is 6.54 Å². The normalized spacial score (nSPS) is 11.6. The number of benzene rings is 2. The topological polar surface area (TPSA) is 58.4 Å². The van der Waals surface area contributed by atoms with Crippen molar-refractivity contribution in [3.05, 3.63) is 60.2 Å². The van der Waals surface area contributed by atoms with Gasteiger partial charge in [-0.25, -0.2) is 0 Å². The fourth-order valence-corrected chi connectivity index (χ4v) is 2.56. The van der Waals surface area contributed by atoms with Crippen LogP contribution in [-0.4, -0.2) is 23.4 Å². The molecule has 1 atom stereocenters. The number of nitrogens with one attached hydrogen (secondary N) is 1. The Morgan fingerprint density at radius 3 is 2.50 bits per heavy atom. The molecule has 4 nitrogen and oxygen atoms in total. The first-order chi connectivity index (χ1) is 11.1. The highest BCUT2D eigenvalue weighted by molar-refractivity contribution is 5.94. The van der Waals surface area contributed by atoms with Crippen molar-refractivity contribution in [1.82, 2.24) is 4.90 Å². The number of nitrogen functional groups attached to an aromatic ring is 1. The molecule has 0 aliphatic heterocycles. The molecule has 0 bridgehead atoms. The van der Waals surface area contributed by atoms with E-state index in [0.717, 1.165) is 29.9 Å². The summed E-state index contributed by atoms with van der Waals surface area (Å²) in [5, 5.41) is 2.97. The molecule has 3 N–H and O–H groups in total. The Bertz CT molecular complexity index is 634. The molecule has 0 fully saturated rings. The molecule has 1 unspecified atom stereocenters. The second-order valence-electron chi connectivity index (χ2n) is 5.75. The summed E-state index contributed by atoms with van der Waals surface area (Å²) in [6.07, 6.45) is 0.991. The van der Waals surface area contributed by atoms with Crippen LogP contribution in [0.3, 0.4) is 0 Å². The van der Waals surface area contributed by atoms with E-state index in [-0.39, 0.29) is 24.4 Å². The minimum absolute atomic E-state index is 0. The van der Waals surface area contributed by atoms with Crippen LogP contribution < -0.4 is 11.1 Å². The molecule has 0 spiro atoms. The Kier molecular flexibility index (Phi) is 8.30. The minimum atomic E-state index is -0.211. The molecular weight excluding hydrogens is 322 g/mol. The maximum atomic E-state index is 12.5. The molecular formula is C19H26ClN3O. The van der Waals surface area contributed by atoms with E-state index < -0.39 is 0 Å². The summed E-state index contributed by atoms with van der Waals surface area (Å²) < 4.78 is 0. The molecule has 0 heterocycles. The molecule has 5 heteroatoms. The van der Waals surface area contributed by atoms with Gasteiger partial charge in [-0.3, -0.25) is 9.69 Å². The Balaban J connectivity index is 0.00000288. The van der Waals surface area contributed by atoms with E-state index in [1.807, 2.05) is 61.5 Å². The van der Waals surface area contributed by atoms with Crippen molar-refractivity contribution in [2.75, 3.05) is 17.6 Å². The van der Waals surface area contributed by atoms with Gasteiger partial charge in [0.05, 0.1) is 6.04 Å². The van der Waals surface area contributed by atoms with Gasteiger partial charge in [0.1, 0.15) is 0 Å². The van der Waals surface area contributed by atoms with Crippen molar-refractivity contribution >= 4 is 29.7 Å². The number of carbonyl (C=O) groups excluding carboxylic acids is 1. The van der Waals surface area contributed by atoms with E-state index >= 15 is 0 Å². The van der Waals surface area contributed by atoms with Gasteiger partial charge in [0.2, 0.25) is 5.91 Å². The average molecular weight is 348 g/mol. The van der Waals surface area contributed by atoms with Gasteiger partial charge in [0, 0.05) is 17.9 Å². The molecule has 130 valence electrons. The predicted octanol–water partition coefficient (Wildman–Crippen LogP) is 3.93. The standard InChI is InChI=1S/C19H25N3O.ClH/c1-3-12-22(14-16-8-7-9-17(20)13-16)15(2)19(23)21-18-10-5-4-6-11-18;/h4-11,13,15H,3,12,14,20H2,1-2H3,(H,21,23);1H. The lowest BCUT2D eigenvalue weighted by Crippen LogP contribution is -2.42. The Morgan fingerprint density at radius 2 is 1.88 bits per heavy atom. The molecule has 0 saturated carbocycles. The van der Waals surface area contributed by atoms with Crippen LogP contribution in [0.5, 0.6) is 0 Å². The van der Waals surface area contributed by atoms with Gasteiger partial charge in [-0.2, -0.15) is 0 Å². The predicted molar refractivity (Wildman–Crippen MR) is 103 cm³/mol. The van der Waals surface area contributed by atoms with Crippen LogP contribution >= 0.6 is 12.4 Å². The highest BCUT2D eigenvalue weighted by Gasteiger charge is 2.21. The monoisotopic (exact) mass is 347 g/mol. The number of para-hydroxylation sites is 1. The first kappa shape index (κ1) is 20.0. The summed E-state index contributed by atoms with van der Waals surface area (Å²) in [6.45, 7) is 5.63. The lowest BCUT2D eigenvalue weighted by Gasteiger charge is -2.28. The van der Waals surface area contributed by atoms with E-state index in [1.165, 1.54) is 0 Å². The summed E-state index contributed by atoms with van der Waals surface area (Å²) in [5.74, 6) is 0.00792. The van der Waals surface area contributed by atoms with Crippen molar-refractivity contribution in [1.29, 1.82) is 0 Å². The van der Waals surface area contributed by atoms with Crippen LogP contribution in [0, 0.1) is 0 Å². The molecule has 2 rings (SSSR count). The number of carbonyl (C=O) groups is 1. The third-order valence-corrected chi connectivity index (χ3v) is 3.82. The van der Waals surface area contributed by atoms with Gasteiger partial charge < -0.3 is 11.1 Å². The van der Waals surface area contributed by atoms with Crippen LogP contribution in [0.25, 0.3) is 0 Å². The molecule has 0 aliphatic rings. The van der Waals surface area contributed by atoms with Crippen molar-refractivity contribution in [3.63, 3.8) is 0 Å². The van der Waals surface area contributed by atoms with Crippen LogP contribution in [-0.2, 0) is 11.3 Å². The van der Waals surface area contributed by atoms with Crippen LogP contribution in [0.4, 0.5) is 11.4 Å². The molecule has 2 aromatic rings. The molecule has 2 aromatic carbocycles. The van der Waals surface area contributed by atoms with Gasteiger partial charge in [0.15, 0.2) is 0 Å². The molecule has 0 aromatic heterocycles. The number of rotatable bonds is 7. The van der Waals surface area contributed by atoms with Crippen molar-refractivity contribution in [2.24, 2.45) is 0 Å². The number of nitrogens with two attached hydrogens (primary N) is 1. The SMILES string of the molecule is CCCN(Cc1cccc(N)c1)C(C)C(=O)Nc1ccccc1.Cl. The maximum absolute atomic E-state index is 12.5. The summed E-state index contributed by atoms with van der Waals surface area (Å²) >= 11 is 0. The van der Waals surface area contributed by atoms with Gasteiger partial charge in [-0.1, -0.05) is 37.3 Å². The second kappa shape index (κ2) is 9.96. The van der Waals surface area contributed by atoms with E-state index in [1.54, 1.807) is 0 Å². The number of halogens is 1. The Labute approximate surface area is 150 Å². The largest absolute Gasteiger partial charge is 0.399 e. The molecule has 24 heavy (non-hydrogen) atoms. The van der Waals surface area contributed by atoms with Crippen LogP contribution in [0.2, 0.25) is 0 Å². The summed E-state index contributed by atoms with van der Waals surface area (Å²) in [4.78, 5) is 14.7. The Morgan fingerprint density at radius 1 is 1.17 bits per heavy atom. The quantitative estimate of drug-likeness (QED) is 0.746. The lowest BCUT2D eigenvalue weighted by atomic mass is 10.1. The minimum Gasteiger partial charge on any atom is -0.399 e. The van der Waals surface area contributed by atoms with Crippen molar-refractivity contribution in [2.45, 2.75) is 32.9 Å². The summed E-state index contributed by atoms with van der Waals surface area (Å²) in [5.41, 5.74) is 8.55. The molecule has 1 amide bonds. The van der Waals surface area contributed by atoms with Gasteiger partial charge >= 0.3 is 0 Å². The number of anilines is 2. The lowest BCUT2D eigenvalue weighted by molar-refractivity contribution is -0.121. The third-order valence-electron chi connectivity index (χ3n) is 3.82. The maximum Gasteiger partial charge on any atom is 0.241 e. The number of hydrogen-bond donors (Lipinski definition) is 2. The highest BCUT2D eigenvalue weighted by atomic mass is 35.5. The zero-order chi connectivity index (χ0) is 16.7. The first-order valence-electron chi connectivity index (χ1n) is 8.04. The molecule has 0 saturated heterocycles. The fourth-order valence-electron chi connectivity index (χ4n) is 2.56. The molecule has 0 radical (unpaired) electrons. The van der Waals surface area contributed by atoms with Crippen molar-refractivity contribution < 1.29 is 4.79 Å². The number of hydrogen-bond acceptors (Lipinski definition) is 3. The van der Waals surface area contributed by atoms with Crippen LogP contribution in [0.15, 0.2) is 54.6 Å². The van der Waals surface area contributed by atoms with E-state index in [2.05, 4.69) is 17.1 Å². The smallest absolute Gasteiger partial charge is 0.241 e. The molecule has 0 aliphatic carbocycles. The van der Waals surface area contributed by atoms with Gasteiger partial charge in [-0.15, -0.1) is 12.4 Å². The zero-order valence-corrected chi connectivity index (χ0v) is 15.1. The summed E-state index contributed by atoms with van der Waals surface area (Å²) in [6, 6.07) is 17.2. The zero-order valence-electron chi connectivity index (χ0n) is 14.2. The number of nitrogens with zero attached hydrogens (tertiary/aromatic N) is 1. The van der Waals surface area contributed by atoms with Gasteiger partial charge in [-0.05, 0) is 49.7 Å². The van der Waals surface area contributed by atoms with E-state index in [9.17, 15) is 4.79 Å². The van der Waals surface area contributed by atoms with Crippen molar-refractivity contribution in [3.8, 4) is 0 Å². The third kappa shape index (κ3) is 5.87. The van der Waals surface area contributed by atoms with E-state index in [4.69, 9.17) is 5.73 Å². The number of amides is 1. The first-order valence-corrected chi connectivity index (χ1v) is 8.04. The van der Waals surface area contributed by atoms with Gasteiger partial charge in [0.25, 0.3) is 0 Å². The fraction of sp³-hybridized carbons (Fsp3) is 0.316. The Hall–Kier alpha value is -2.04. The average Bonchev–Trinajstić information content (AvgIpc) is 2.55. The van der Waals surface area contributed by atoms with Crippen LogP contribution in [0.1, 0.15) is 25.8 Å². The summed E-state index contributed by atoms with van der Waals surface area (Å²) in [7, 11) is 0. The highest BCUT2D eigenvalue weighted by Crippen LogP contribution is 2.14. The second-order valence-corrected chi connectivity index (χ2v) is 5.75.